The molecule has 1 saturated carbocycles. The monoisotopic (exact) mass is 366 g/mol. The van der Waals surface area contributed by atoms with E-state index < -0.39 is 6.86 Å². The maximum Gasteiger partial charge on any atom is 0.228 e. The number of imidazole rings is 1. The summed E-state index contributed by atoms with van der Waals surface area (Å²) in [6.45, 7) is 5.07. The van der Waals surface area contributed by atoms with Gasteiger partial charge in [-0.05, 0) is 39.3 Å². The van der Waals surface area contributed by atoms with E-state index in [2.05, 4.69) is 4.98 Å². The molecule has 4 aromatic heterocycles. The molecule has 1 fully saturated rings. The third kappa shape index (κ3) is 2.39. The Morgan fingerprint density at radius 2 is 2.04 bits per heavy atom. The quantitative estimate of drug-likeness (QED) is 0.554. The molecule has 0 radical (unpaired) electrons. The van der Waals surface area contributed by atoms with E-state index in [-0.39, 0.29) is 11.8 Å². The van der Waals surface area contributed by atoms with Gasteiger partial charge in [-0.3, -0.25) is 4.98 Å². The molecule has 2 unspecified atom stereocenters. The fraction of sp³-hybridized carbons (Fsp3) is 0.368. The predicted octanol–water partition coefficient (Wildman–Crippen LogP) is 3.27. The van der Waals surface area contributed by atoms with Crippen LogP contribution in [0, 0.1) is 20.8 Å². The average molecular weight is 366 g/mol. The maximum absolute atomic E-state index is 12.7. The first kappa shape index (κ1) is 16.2. The van der Waals surface area contributed by atoms with Gasteiger partial charge < -0.3 is 9.14 Å². The van der Waals surface area contributed by atoms with Gasteiger partial charge in [0.25, 0.3) is 0 Å². The summed E-state index contributed by atoms with van der Waals surface area (Å²) >= 11 is 0. The summed E-state index contributed by atoms with van der Waals surface area (Å²) in [4.78, 5) is 13.8. The van der Waals surface area contributed by atoms with Crippen molar-refractivity contribution in [3.05, 3.63) is 53.1 Å². The van der Waals surface area contributed by atoms with Crippen LogP contribution in [0.3, 0.4) is 0 Å². The van der Waals surface area contributed by atoms with Gasteiger partial charge in [-0.1, -0.05) is 0 Å². The molecular formula is C19H19FN6O. The number of halogens is 1. The van der Waals surface area contributed by atoms with Gasteiger partial charge in [0.1, 0.15) is 0 Å². The van der Waals surface area contributed by atoms with Gasteiger partial charge in [0.15, 0.2) is 22.9 Å². The van der Waals surface area contributed by atoms with Crippen molar-refractivity contribution < 1.29 is 9.13 Å². The summed E-state index contributed by atoms with van der Waals surface area (Å²) in [5, 5.41) is 4.70. The molecule has 0 amide bonds. The van der Waals surface area contributed by atoms with Gasteiger partial charge in [0.2, 0.25) is 6.86 Å². The van der Waals surface area contributed by atoms with Crippen molar-refractivity contribution in [3.8, 4) is 5.75 Å². The molecule has 7 nitrogen and oxygen atoms in total. The number of hydrogen-bond donors (Lipinski definition) is 0. The number of aryl methyl sites for hydroxylation is 3. The van der Waals surface area contributed by atoms with Crippen LogP contribution in [-0.2, 0) is 0 Å². The summed E-state index contributed by atoms with van der Waals surface area (Å²) in [6, 6.07) is 3.57. The molecule has 1 aliphatic carbocycles. The maximum atomic E-state index is 12.7. The van der Waals surface area contributed by atoms with Crippen LogP contribution < -0.4 is 4.74 Å². The Kier molecular flexibility index (Phi) is 3.43. The first-order valence-electron chi connectivity index (χ1n) is 8.93. The number of nitrogens with zero attached hydrogens (tertiary/aromatic N) is 6. The number of alkyl halides is 1. The fourth-order valence-corrected chi connectivity index (χ4v) is 3.75. The molecule has 1 aliphatic rings. The van der Waals surface area contributed by atoms with E-state index in [0.717, 1.165) is 40.7 Å². The van der Waals surface area contributed by atoms with E-state index in [1.165, 1.54) is 0 Å². The van der Waals surface area contributed by atoms with Crippen molar-refractivity contribution in [1.82, 2.24) is 29.0 Å². The van der Waals surface area contributed by atoms with E-state index in [1.807, 2.05) is 48.1 Å². The molecule has 8 heteroatoms. The number of aromatic nitrogens is 6. The molecule has 0 aliphatic heterocycles. The van der Waals surface area contributed by atoms with E-state index in [9.17, 15) is 4.39 Å². The van der Waals surface area contributed by atoms with Crippen LogP contribution in [0.4, 0.5) is 4.39 Å². The van der Waals surface area contributed by atoms with Gasteiger partial charge in [0, 0.05) is 29.9 Å². The number of rotatable bonds is 4. The topological polar surface area (TPSA) is 69.6 Å². The fourth-order valence-electron chi connectivity index (χ4n) is 3.75. The highest BCUT2D eigenvalue weighted by molar-refractivity contribution is 5.57. The molecular weight excluding hydrogens is 347 g/mol. The lowest BCUT2D eigenvalue weighted by molar-refractivity contribution is 0.193. The molecule has 4 heterocycles. The first-order chi connectivity index (χ1) is 13.1. The minimum Gasteiger partial charge on any atom is -0.459 e. The Morgan fingerprint density at radius 3 is 2.81 bits per heavy atom. The zero-order valence-electron chi connectivity index (χ0n) is 15.3. The summed E-state index contributed by atoms with van der Waals surface area (Å²) in [7, 11) is 0. The molecule has 4 aromatic rings. The van der Waals surface area contributed by atoms with E-state index >= 15 is 0 Å². The number of ether oxygens (including phenoxy) is 1. The normalized spacial score (nSPS) is 19.1. The van der Waals surface area contributed by atoms with Crippen LogP contribution in [0.1, 0.15) is 46.9 Å². The van der Waals surface area contributed by atoms with E-state index in [0.29, 0.717) is 11.4 Å². The van der Waals surface area contributed by atoms with Gasteiger partial charge in [-0.2, -0.15) is 5.10 Å². The predicted molar refractivity (Wildman–Crippen MR) is 96.9 cm³/mol. The summed E-state index contributed by atoms with van der Waals surface area (Å²) in [5.74, 6) is 1.78. The second-order valence-corrected chi connectivity index (χ2v) is 7.04. The van der Waals surface area contributed by atoms with Crippen molar-refractivity contribution in [2.75, 3.05) is 6.86 Å². The molecule has 0 bridgehead atoms. The summed E-state index contributed by atoms with van der Waals surface area (Å²) in [6.07, 6.45) is 4.68. The van der Waals surface area contributed by atoms with Gasteiger partial charge >= 0.3 is 0 Å². The Labute approximate surface area is 154 Å². The van der Waals surface area contributed by atoms with Gasteiger partial charge in [0.05, 0.1) is 17.1 Å². The molecule has 0 spiro atoms. The van der Waals surface area contributed by atoms with Crippen LogP contribution >= 0.6 is 0 Å². The summed E-state index contributed by atoms with van der Waals surface area (Å²) in [5.41, 5.74) is 5.32. The van der Waals surface area contributed by atoms with E-state index in [1.54, 1.807) is 6.07 Å². The number of hydrogen-bond acceptors (Lipinski definition) is 5. The lowest BCUT2D eigenvalue weighted by Crippen LogP contribution is -1.97. The first-order valence-corrected chi connectivity index (χ1v) is 8.93. The molecule has 0 N–H and O–H groups in total. The van der Waals surface area contributed by atoms with Crippen LogP contribution in [0.2, 0.25) is 0 Å². The highest BCUT2D eigenvalue weighted by Crippen LogP contribution is 2.54. The highest BCUT2D eigenvalue weighted by Gasteiger charge is 2.45. The van der Waals surface area contributed by atoms with Crippen molar-refractivity contribution in [2.24, 2.45) is 0 Å². The molecule has 2 atom stereocenters. The Balaban J connectivity index is 1.53. The number of pyridine rings is 1. The van der Waals surface area contributed by atoms with Crippen LogP contribution in [0.25, 0.3) is 11.3 Å². The van der Waals surface area contributed by atoms with Gasteiger partial charge in [-0.25, -0.2) is 18.9 Å². The van der Waals surface area contributed by atoms with Crippen LogP contribution in [-0.4, -0.2) is 35.8 Å². The molecule has 5 rings (SSSR count). The second-order valence-electron chi connectivity index (χ2n) is 7.04. The minimum absolute atomic E-state index is 0.234. The second kappa shape index (κ2) is 5.73. The van der Waals surface area contributed by atoms with Gasteiger partial charge in [-0.15, -0.1) is 0 Å². The van der Waals surface area contributed by atoms with Crippen molar-refractivity contribution >= 4 is 11.3 Å². The zero-order chi connectivity index (χ0) is 18.7. The smallest absolute Gasteiger partial charge is 0.228 e. The third-order valence-corrected chi connectivity index (χ3v) is 5.30. The number of fused-ring (bicyclic) bond motifs is 2. The largest absolute Gasteiger partial charge is 0.459 e. The molecule has 0 saturated heterocycles. The molecule has 27 heavy (non-hydrogen) atoms. The molecule has 138 valence electrons. The SMILES string of the molecule is Cc1ncc(C)n2nc(C3CC3c3nc4c(OCF)cccn4c3C)nc12. The van der Waals surface area contributed by atoms with Crippen molar-refractivity contribution in [2.45, 2.75) is 39.0 Å². The summed E-state index contributed by atoms with van der Waals surface area (Å²) < 4.78 is 21.5. The zero-order valence-corrected chi connectivity index (χ0v) is 15.3. The third-order valence-electron chi connectivity index (χ3n) is 5.30. The minimum atomic E-state index is -0.870. The van der Waals surface area contributed by atoms with Crippen LogP contribution in [0.5, 0.6) is 5.75 Å². The Morgan fingerprint density at radius 1 is 1.19 bits per heavy atom. The standard InChI is InChI=1S/C19H19FN6O/c1-10-8-21-11(2)18-23-17(24-26(10)18)14-7-13(14)16-12(3)25-6-4-5-15(27-9-20)19(25)22-16/h4-6,8,13-14H,7,9H2,1-3H3. The lowest BCUT2D eigenvalue weighted by atomic mass is 10.2. The van der Waals surface area contributed by atoms with Crippen molar-refractivity contribution in [3.63, 3.8) is 0 Å². The Bertz CT molecular complexity index is 1140. The van der Waals surface area contributed by atoms with E-state index in [4.69, 9.17) is 19.8 Å². The van der Waals surface area contributed by atoms with Crippen LogP contribution in [0.15, 0.2) is 24.5 Å². The Hall–Kier alpha value is -3.03. The average Bonchev–Trinajstić information content (AvgIpc) is 3.18. The molecule has 0 aromatic carbocycles. The van der Waals surface area contributed by atoms with Crippen molar-refractivity contribution in [1.29, 1.82) is 0 Å². The lowest BCUT2D eigenvalue weighted by Gasteiger charge is -2.02. The highest BCUT2D eigenvalue weighted by atomic mass is 19.1.